The van der Waals surface area contributed by atoms with Crippen LogP contribution in [0.1, 0.15) is 59.8 Å². The number of likely N-dealkylation sites (N-methyl/N-ethyl adjacent to an activating group) is 1. The molecule has 4 heteroatoms. The quantitative estimate of drug-likeness (QED) is 0.347. The van der Waals surface area contributed by atoms with E-state index in [1.54, 1.807) is 14.0 Å². The minimum atomic E-state index is -0.402. The second kappa shape index (κ2) is 11.0. The van der Waals surface area contributed by atoms with Crippen molar-refractivity contribution in [2.45, 2.75) is 59.8 Å². The number of ether oxygens (including phenoxy) is 1. The summed E-state index contributed by atoms with van der Waals surface area (Å²) in [5.74, 6) is 0.699. The summed E-state index contributed by atoms with van der Waals surface area (Å²) in [6, 6.07) is 0. The van der Waals surface area contributed by atoms with E-state index in [1.165, 1.54) is 4.90 Å². The van der Waals surface area contributed by atoms with Crippen LogP contribution in [0.15, 0.2) is 24.0 Å². The van der Waals surface area contributed by atoms with Crippen molar-refractivity contribution < 1.29 is 14.3 Å². The fraction of sp³-hybridized carbons (Fsp3) is 0.667. The number of carbonyl (C=O) groups excluding carboxylic acids is 2. The van der Waals surface area contributed by atoms with Gasteiger partial charge >= 0.3 is 5.97 Å². The molecule has 0 bridgehead atoms. The lowest BCUT2D eigenvalue weighted by Gasteiger charge is -2.17. The molecular formula is C18H31NO3. The molecule has 0 saturated heterocycles. The summed E-state index contributed by atoms with van der Waals surface area (Å²) in [6.45, 7) is 11.6. The number of rotatable bonds is 10. The van der Waals surface area contributed by atoms with Crippen LogP contribution in [-0.4, -0.2) is 30.4 Å². The van der Waals surface area contributed by atoms with Crippen molar-refractivity contribution in [1.29, 1.82) is 0 Å². The molecule has 0 spiro atoms. The number of hydrogen-bond acceptors (Lipinski definition) is 3. The van der Waals surface area contributed by atoms with Gasteiger partial charge in [-0.05, 0) is 31.8 Å². The molecule has 0 fully saturated rings. The number of hydrogen-bond donors (Lipinski definition) is 0. The standard InChI is InChI=1S/C18H31NO3/c1-7-10-16(12-11-15(8-2)9-3)22-17(20)13-19(6)18(21)14(4)5/h12,15H,4,7-11,13H2,1-3,5-6H3/b16-12-. The number of amides is 1. The zero-order valence-corrected chi connectivity index (χ0v) is 14.8. The molecule has 0 aromatic carbocycles. The molecule has 0 atom stereocenters. The van der Waals surface area contributed by atoms with Crippen LogP contribution >= 0.6 is 0 Å². The van der Waals surface area contributed by atoms with Crippen molar-refractivity contribution in [3.8, 4) is 0 Å². The average molecular weight is 309 g/mol. The smallest absolute Gasteiger partial charge is 0.330 e. The molecule has 4 nitrogen and oxygen atoms in total. The van der Waals surface area contributed by atoms with E-state index >= 15 is 0 Å². The van der Waals surface area contributed by atoms with Gasteiger partial charge in [0.2, 0.25) is 5.91 Å². The lowest BCUT2D eigenvalue weighted by Crippen LogP contribution is -2.33. The van der Waals surface area contributed by atoms with E-state index in [-0.39, 0.29) is 12.5 Å². The fourth-order valence-corrected chi connectivity index (χ4v) is 2.13. The van der Waals surface area contributed by atoms with Gasteiger partial charge < -0.3 is 9.64 Å². The predicted molar refractivity (Wildman–Crippen MR) is 90.2 cm³/mol. The molecule has 0 heterocycles. The summed E-state index contributed by atoms with van der Waals surface area (Å²) in [5.41, 5.74) is 0.411. The molecule has 0 aromatic rings. The van der Waals surface area contributed by atoms with Gasteiger partial charge in [0.05, 0.1) is 0 Å². The van der Waals surface area contributed by atoms with Crippen LogP contribution in [0.2, 0.25) is 0 Å². The van der Waals surface area contributed by atoms with Gasteiger partial charge in [-0.25, -0.2) is 4.79 Å². The van der Waals surface area contributed by atoms with Gasteiger partial charge in [0, 0.05) is 19.0 Å². The van der Waals surface area contributed by atoms with Crippen molar-refractivity contribution in [2.75, 3.05) is 13.6 Å². The summed E-state index contributed by atoms with van der Waals surface area (Å²) in [4.78, 5) is 25.0. The van der Waals surface area contributed by atoms with Crippen LogP contribution in [0.4, 0.5) is 0 Å². The molecule has 0 rings (SSSR count). The van der Waals surface area contributed by atoms with Crippen molar-refractivity contribution in [3.63, 3.8) is 0 Å². The van der Waals surface area contributed by atoms with Gasteiger partial charge in [0.1, 0.15) is 12.3 Å². The average Bonchev–Trinajstić information content (AvgIpc) is 2.47. The van der Waals surface area contributed by atoms with E-state index in [1.807, 2.05) is 6.08 Å². The van der Waals surface area contributed by atoms with E-state index in [4.69, 9.17) is 4.74 Å². The highest BCUT2D eigenvalue weighted by atomic mass is 16.5. The molecule has 0 saturated carbocycles. The van der Waals surface area contributed by atoms with Crippen molar-refractivity contribution >= 4 is 11.9 Å². The summed E-state index contributed by atoms with van der Waals surface area (Å²) < 4.78 is 5.43. The Balaban J connectivity index is 4.61. The first kappa shape index (κ1) is 20.4. The Hall–Kier alpha value is -1.58. The van der Waals surface area contributed by atoms with Crippen molar-refractivity contribution in [1.82, 2.24) is 4.90 Å². The maximum atomic E-state index is 12.0. The minimum absolute atomic E-state index is 0.0578. The molecule has 0 aliphatic rings. The fourth-order valence-electron chi connectivity index (χ4n) is 2.13. The van der Waals surface area contributed by atoms with E-state index in [0.29, 0.717) is 11.5 Å². The van der Waals surface area contributed by atoms with Crippen molar-refractivity contribution in [3.05, 3.63) is 24.0 Å². The lowest BCUT2D eigenvalue weighted by atomic mass is 9.99. The van der Waals surface area contributed by atoms with Crippen LogP contribution < -0.4 is 0 Å². The number of esters is 1. The monoisotopic (exact) mass is 309 g/mol. The molecule has 0 radical (unpaired) electrons. The van der Waals surface area contributed by atoms with Gasteiger partial charge in [-0.1, -0.05) is 40.2 Å². The minimum Gasteiger partial charge on any atom is -0.430 e. The van der Waals surface area contributed by atoms with Crippen LogP contribution in [0.3, 0.4) is 0 Å². The zero-order chi connectivity index (χ0) is 17.1. The van der Waals surface area contributed by atoms with Gasteiger partial charge in [-0.3, -0.25) is 4.79 Å². The third kappa shape index (κ3) is 8.01. The Morgan fingerprint density at radius 3 is 2.27 bits per heavy atom. The Morgan fingerprint density at radius 2 is 1.82 bits per heavy atom. The SMILES string of the molecule is C=C(C)C(=O)N(C)CC(=O)O/C(=C\CC(CC)CC)CCC. The number of allylic oxidation sites excluding steroid dienone is 2. The van der Waals surface area contributed by atoms with Gasteiger partial charge in [0.25, 0.3) is 0 Å². The topological polar surface area (TPSA) is 46.6 Å². The van der Waals surface area contributed by atoms with Crippen LogP contribution in [0.5, 0.6) is 0 Å². The van der Waals surface area contributed by atoms with Gasteiger partial charge in [-0.2, -0.15) is 0 Å². The predicted octanol–water partition coefficient (Wildman–Crippen LogP) is 4.07. The highest BCUT2D eigenvalue weighted by Gasteiger charge is 2.15. The lowest BCUT2D eigenvalue weighted by molar-refractivity contribution is -0.144. The molecular weight excluding hydrogens is 278 g/mol. The maximum absolute atomic E-state index is 12.0. The number of nitrogens with zero attached hydrogens (tertiary/aromatic N) is 1. The van der Waals surface area contributed by atoms with Crippen LogP contribution in [0, 0.1) is 5.92 Å². The Bertz CT molecular complexity index is 409. The number of carbonyl (C=O) groups is 2. The molecule has 0 aliphatic heterocycles. The summed E-state index contributed by atoms with van der Waals surface area (Å²) >= 11 is 0. The first-order chi connectivity index (χ1) is 10.3. The Kier molecular flexibility index (Phi) is 10.3. The van der Waals surface area contributed by atoms with Gasteiger partial charge in [0.15, 0.2) is 0 Å². The molecule has 1 amide bonds. The molecule has 22 heavy (non-hydrogen) atoms. The molecule has 0 N–H and O–H groups in total. The van der Waals surface area contributed by atoms with E-state index in [9.17, 15) is 9.59 Å². The Labute approximate surface area is 135 Å². The summed E-state index contributed by atoms with van der Waals surface area (Å²) in [5, 5.41) is 0. The van der Waals surface area contributed by atoms with Crippen LogP contribution in [0.25, 0.3) is 0 Å². The van der Waals surface area contributed by atoms with E-state index < -0.39 is 5.97 Å². The summed E-state index contributed by atoms with van der Waals surface area (Å²) in [6.07, 6.45) is 6.86. The largest absolute Gasteiger partial charge is 0.430 e. The normalized spacial score (nSPS) is 11.5. The first-order valence-corrected chi connectivity index (χ1v) is 8.16. The molecule has 0 aliphatic carbocycles. The Morgan fingerprint density at radius 1 is 1.23 bits per heavy atom. The summed E-state index contributed by atoms with van der Waals surface area (Å²) in [7, 11) is 1.58. The molecule has 0 aromatic heterocycles. The second-order valence-electron chi connectivity index (χ2n) is 5.75. The van der Waals surface area contributed by atoms with Crippen molar-refractivity contribution in [2.24, 2.45) is 5.92 Å². The van der Waals surface area contributed by atoms with E-state index in [2.05, 4.69) is 27.4 Å². The van der Waals surface area contributed by atoms with E-state index in [0.717, 1.165) is 37.9 Å². The van der Waals surface area contributed by atoms with Gasteiger partial charge in [-0.15, -0.1) is 0 Å². The highest BCUT2D eigenvalue weighted by Crippen LogP contribution is 2.17. The third-order valence-corrected chi connectivity index (χ3v) is 3.65. The first-order valence-electron chi connectivity index (χ1n) is 8.16. The maximum Gasteiger partial charge on any atom is 0.330 e. The second-order valence-corrected chi connectivity index (χ2v) is 5.75. The van der Waals surface area contributed by atoms with Crippen LogP contribution in [-0.2, 0) is 14.3 Å². The third-order valence-electron chi connectivity index (χ3n) is 3.65. The highest BCUT2D eigenvalue weighted by molar-refractivity contribution is 5.94. The molecule has 126 valence electrons. The molecule has 0 unspecified atom stereocenters. The zero-order valence-electron chi connectivity index (χ0n) is 14.8.